The van der Waals surface area contributed by atoms with E-state index >= 15 is 0 Å². The van der Waals surface area contributed by atoms with Gasteiger partial charge in [-0.05, 0) is 56.3 Å². The fourth-order valence-electron chi connectivity index (χ4n) is 3.83. The van der Waals surface area contributed by atoms with Crippen molar-refractivity contribution in [3.05, 3.63) is 93.2 Å². The Balaban J connectivity index is 1.62. The minimum atomic E-state index is -0.829. The van der Waals surface area contributed by atoms with Crippen molar-refractivity contribution in [1.82, 2.24) is 9.66 Å². The number of carbonyl (C=O) groups excluding carboxylic acids is 1. The van der Waals surface area contributed by atoms with Crippen LogP contribution in [0.25, 0.3) is 33.5 Å². The van der Waals surface area contributed by atoms with Gasteiger partial charge in [0.2, 0.25) is 5.82 Å². The highest BCUT2D eigenvalue weighted by Crippen LogP contribution is 2.28. The molecule has 0 spiro atoms. The zero-order valence-corrected chi connectivity index (χ0v) is 21.6. The number of halogens is 1. The summed E-state index contributed by atoms with van der Waals surface area (Å²) < 4.78 is 18.9. The minimum absolute atomic E-state index is 0.254. The van der Waals surface area contributed by atoms with Crippen molar-refractivity contribution >= 4 is 50.0 Å². The number of hydrogen-bond donors (Lipinski definition) is 0. The summed E-state index contributed by atoms with van der Waals surface area (Å²) in [5.74, 6) is 0.589. The number of ether oxygens (including phenoxy) is 2. The van der Waals surface area contributed by atoms with Gasteiger partial charge in [0.15, 0.2) is 11.9 Å². The second-order valence-electron chi connectivity index (χ2n) is 8.16. The Hall–Kier alpha value is -4.24. The summed E-state index contributed by atoms with van der Waals surface area (Å²) in [5, 5.41) is 5.80. The Bertz CT molecular complexity index is 1670. The predicted molar refractivity (Wildman–Crippen MR) is 145 cm³/mol. The van der Waals surface area contributed by atoms with E-state index in [2.05, 4.69) is 21.0 Å². The largest absolute Gasteiger partial charge is 0.478 e. The van der Waals surface area contributed by atoms with Crippen LogP contribution in [0.2, 0.25) is 0 Å². The van der Waals surface area contributed by atoms with Crippen molar-refractivity contribution in [2.45, 2.75) is 20.0 Å². The maximum atomic E-state index is 13.5. The van der Waals surface area contributed by atoms with Crippen LogP contribution in [0.4, 0.5) is 0 Å². The molecule has 0 saturated carbocycles. The molecular weight excluding hydrogens is 538 g/mol. The van der Waals surface area contributed by atoms with E-state index in [1.807, 2.05) is 36.4 Å². The first-order chi connectivity index (χ1) is 17.9. The highest BCUT2D eigenvalue weighted by molar-refractivity contribution is 9.10. The van der Waals surface area contributed by atoms with Gasteiger partial charge in [-0.1, -0.05) is 46.3 Å². The number of aromatic nitrogens is 2. The number of esters is 1. The zero-order chi connectivity index (χ0) is 25.9. The smallest absolute Gasteiger partial charge is 0.347 e. The summed E-state index contributed by atoms with van der Waals surface area (Å²) in [4.78, 5) is 30.3. The van der Waals surface area contributed by atoms with Crippen molar-refractivity contribution in [1.29, 1.82) is 0 Å². The fourth-order valence-corrected chi connectivity index (χ4v) is 4.21. The average molecular weight is 560 g/mol. The van der Waals surface area contributed by atoms with E-state index in [4.69, 9.17) is 18.9 Å². The number of benzene rings is 3. The molecule has 0 aliphatic heterocycles. The lowest BCUT2D eigenvalue weighted by atomic mass is 10.2. The summed E-state index contributed by atoms with van der Waals surface area (Å²) in [6.07, 6.45) is 0.659. The number of rotatable bonds is 7. The molecular formula is C28H22BrN3O5. The Kier molecular flexibility index (Phi) is 6.87. The van der Waals surface area contributed by atoms with Crippen molar-refractivity contribution in [2.24, 2.45) is 5.10 Å². The molecule has 0 N–H and O–H groups in total. The van der Waals surface area contributed by atoms with Crippen molar-refractivity contribution in [3.8, 4) is 17.3 Å². The molecule has 0 aliphatic carbocycles. The molecule has 0 saturated heterocycles. The van der Waals surface area contributed by atoms with E-state index in [0.717, 1.165) is 9.86 Å². The second-order valence-corrected chi connectivity index (χ2v) is 9.07. The van der Waals surface area contributed by atoms with Crippen LogP contribution >= 0.6 is 15.9 Å². The molecule has 0 unspecified atom stereocenters. The van der Waals surface area contributed by atoms with Crippen LogP contribution < -0.4 is 10.3 Å². The van der Waals surface area contributed by atoms with Crippen molar-refractivity contribution in [3.63, 3.8) is 0 Å². The molecule has 186 valence electrons. The van der Waals surface area contributed by atoms with Gasteiger partial charge in [0.05, 0.1) is 23.7 Å². The number of fused-ring (bicyclic) bond motifs is 2. The van der Waals surface area contributed by atoms with Crippen molar-refractivity contribution < 1.29 is 18.7 Å². The summed E-state index contributed by atoms with van der Waals surface area (Å²) in [5.41, 5.74) is 1.39. The number of furan rings is 1. The summed E-state index contributed by atoms with van der Waals surface area (Å²) in [6.45, 7) is 3.60. The number of carbonyl (C=O) groups is 1. The van der Waals surface area contributed by atoms with Crippen LogP contribution in [0.1, 0.15) is 19.4 Å². The van der Waals surface area contributed by atoms with E-state index in [9.17, 15) is 9.59 Å². The van der Waals surface area contributed by atoms with Crippen LogP contribution in [0.3, 0.4) is 0 Å². The Morgan fingerprint density at radius 2 is 1.92 bits per heavy atom. The highest BCUT2D eigenvalue weighted by Gasteiger charge is 2.19. The fraction of sp³-hybridized carbons (Fsp3) is 0.143. The molecule has 2 heterocycles. The summed E-state index contributed by atoms with van der Waals surface area (Å²) in [6, 6.07) is 21.7. The Morgan fingerprint density at radius 1 is 1.14 bits per heavy atom. The predicted octanol–water partition coefficient (Wildman–Crippen LogP) is 5.78. The van der Waals surface area contributed by atoms with Gasteiger partial charge in [0.1, 0.15) is 11.3 Å². The standard InChI is InChI=1S/C28H22BrN3O5/c1-3-35-28(34)17(2)36-24-13-12-20(29)14-19(24)16-30-32-26(25-15-18-8-4-7-11-23(18)37-25)31-22-10-6-5-9-21(22)27(32)33/h4-17H,3H2,1-2H3/t17-/m0/s1. The van der Waals surface area contributed by atoms with Gasteiger partial charge >= 0.3 is 5.97 Å². The number of nitrogens with zero attached hydrogens (tertiary/aromatic N) is 3. The van der Waals surface area contributed by atoms with Gasteiger partial charge in [-0.2, -0.15) is 9.78 Å². The quantitative estimate of drug-likeness (QED) is 0.185. The second kappa shape index (κ2) is 10.4. The number of hydrogen-bond acceptors (Lipinski definition) is 7. The van der Waals surface area contributed by atoms with Crippen LogP contribution in [-0.4, -0.2) is 34.6 Å². The number of para-hydroxylation sites is 2. The van der Waals surface area contributed by atoms with Gasteiger partial charge < -0.3 is 13.9 Å². The first kappa shape index (κ1) is 24.5. The molecule has 5 aromatic rings. The van der Waals surface area contributed by atoms with E-state index in [1.54, 1.807) is 50.2 Å². The third kappa shape index (κ3) is 5.03. The normalized spacial score (nSPS) is 12.3. The molecule has 37 heavy (non-hydrogen) atoms. The van der Waals surface area contributed by atoms with Gasteiger partial charge in [-0.3, -0.25) is 4.79 Å². The SMILES string of the molecule is CCOC(=O)[C@H](C)Oc1ccc(Br)cc1C=Nn1c(-c2cc3ccccc3o2)nc2ccccc2c1=O. The Labute approximate surface area is 220 Å². The van der Waals surface area contributed by atoms with E-state index in [-0.39, 0.29) is 18.0 Å². The van der Waals surface area contributed by atoms with Gasteiger partial charge in [-0.15, -0.1) is 0 Å². The minimum Gasteiger partial charge on any atom is -0.478 e. The van der Waals surface area contributed by atoms with Crippen LogP contribution in [0, 0.1) is 0 Å². The van der Waals surface area contributed by atoms with Crippen LogP contribution in [-0.2, 0) is 9.53 Å². The molecule has 0 amide bonds. The molecule has 5 rings (SSSR count). The Morgan fingerprint density at radius 3 is 2.73 bits per heavy atom. The monoisotopic (exact) mass is 559 g/mol. The highest BCUT2D eigenvalue weighted by atomic mass is 79.9. The molecule has 3 aromatic carbocycles. The molecule has 0 fully saturated rings. The lowest BCUT2D eigenvalue weighted by Gasteiger charge is -2.15. The van der Waals surface area contributed by atoms with E-state index in [0.29, 0.717) is 33.6 Å². The molecule has 9 heteroatoms. The third-order valence-corrected chi connectivity index (χ3v) is 6.10. The first-order valence-corrected chi connectivity index (χ1v) is 12.4. The molecule has 0 bridgehead atoms. The maximum Gasteiger partial charge on any atom is 0.347 e. The average Bonchev–Trinajstić information content (AvgIpc) is 3.34. The molecule has 0 radical (unpaired) electrons. The van der Waals surface area contributed by atoms with Gasteiger partial charge in [0.25, 0.3) is 5.56 Å². The summed E-state index contributed by atoms with van der Waals surface area (Å²) in [7, 11) is 0. The van der Waals surface area contributed by atoms with Crippen molar-refractivity contribution in [2.75, 3.05) is 6.61 Å². The lowest BCUT2D eigenvalue weighted by Crippen LogP contribution is -2.26. The third-order valence-electron chi connectivity index (χ3n) is 5.61. The van der Waals surface area contributed by atoms with E-state index in [1.165, 1.54) is 10.9 Å². The summed E-state index contributed by atoms with van der Waals surface area (Å²) >= 11 is 3.46. The maximum absolute atomic E-state index is 13.5. The lowest BCUT2D eigenvalue weighted by molar-refractivity contribution is -0.150. The molecule has 2 aromatic heterocycles. The van der Waals surface area contributed by atoms with E-state index < -0.39 is 12.1 Å². The molecule has 0 aliphatic rings. The first-order valence-electron chi connectivity index (χ1n) is 11.6. The molecule has 1 atom stereocenters. The zero-order valence-electron chi connectivity index (χ0n) is 20.1. The van der Waals surface area contributed by atoms with Crippen LogP contribution in [0.5, 0.6) is 5.75 Å². The molecule has 8 nitrogen and oxygen atoms in total. The van der Waals surface area contributed by atoms with Gasteiger partial charge in [0, 0.05) is 15.4 Å². The van der Waals surface area contributed by atoms with Gasteiger partial charge in [-0.25, -0.2) is 9.78 Å². The van der Waals surface area contributed by atoms with Crippen LogP contribution in [0.15, 0.2) is 91.6 Å². The topological polar surface area (TPSA) is 95.9 Å².